The van der Waals surface area contributed by atoms with E-state index < -0.39 is 5.69 Å². The number of aromatic nitrogens is 3. The van der Waals surface area contributed by atoms with E-state index >= 15 is 0 Å². The molecule has 0 N–H and O–H groups in total. The molecule has 3 aromatic rings. The molecule has 0 spiro atoms. The molecule has 2 heterocycles. The fourth-order valence-corrected chi connectivity index (χ4v) is 2.30. The Hall–Kier alpha value is -1.91. The summed E-state index contributed by atoms with van der Waals surface area (Å²) in [6.45, 7) is 0. The Bertz CT molecular complexity index is 815. The number of halogens is 2. The molecule has 19 heavy (non-hydrogen) atoms. The van der Waals surface area contributed by atoms with Gasteiger partial charge in [0.2, 0.25) is 0 Å². The summed E-state index contributed by atoms with van der Waals surface area (Å²) in [4.78, 5) is 19.9. The largest absolute Gasteiger partial charge is 0.354 e. The molecule has 0 bridgehead atoms. The molecule has 0 amide bonds. The van der Waals surface area contributed by atoms with Gasteiger partial charge in [0.1, 0.15) is 5.15 Å². The molecule has 0 unspecified atom stereocenters. The summed E-state index contributed by atoms with van der Waals surface area (Å²) in [5.41, 5.74) is 0.752. The van der Waals surface area contributed by atoms with Crippen molar-refractivity contribution in [2.24, 2.45) is 0 Å². The van der Waals surface area contributed by atoms with Crippen LogP contribution in [0, 0.1) is 0 Å². The first-order valence-electron chi connectivity index (χ1n) is 5.45. The maximum Gasteiger partial charge on any atom is 0.354 e. The smallest absolute Gasteiger partial charge is 0.263 e. The van der Waals surface area contributed by atoms with Crippen LogP contribution in [-0.4, -0.2) is 14.5 Å². The fourth-order valence-electron chi connectivity index (χ4n) is 1.90. The zero-order valence-electron chi connectivity index (χ0n) is 9.55. The average Bonchev–Trinajstić information content (AvgIpc) is 2.39. The number of hydrogen-bond acceptors (Lipinski definition) is 3. The van der Waals surface area contributed by atoms with Crippen LogP contribution in [0.1, 0.15) is 0 Å². The average molecular weight is 292 g/mol. The van der Waals surface area contributed by atoms with Crippen molar-refractivity contribution in [1.29, 1.82) is 0 Å². The molecular weight excluding hydrogens is 285 g/mol. The van der Waals surface area contributed by atoms with Gasteiger partial charge in [-0.05, 0) is 30.3 Å². The van der Waals surface area contributed by atoms with Crippen molar-refractivity contribution in [3.05, 3.63) is 63.4 Å². The zero-order chi connectivity index (χ0) is 13.4. The lowest BCUT2D eigenvalue weighted by Crippen LogP contribution is -2.22. The van der Waals surface area contributed by atoms with Crippen LogP contribution in [0.25, 0.3) is 16.6 Å². The summed E-state index contributed by atoms with van der Waals surface area (Å²) >= 11 is 12.0. The summed E-state index contributed by atoms with van der Waals surface area (Å²) in [6.07, 6.45) is 3.21. The molecule has 0 saturated carbocycles. The van der Waals surface area contributed by atoms with Crippen molar-refractivity contribution >= 4 is 34.1 Å². The fraction of sp³-hybridized carbons (Fsp3) is 0. The minimum atomic E-state index is -0.465. The molecule has 3 rings (SSSR count). The van der Waals surface area contributed by atoms with E-state index in [0.29, 0.717) is 21.6 Å². The third kappa shape index (κ3) is 2.09. The zero-order valence-corrected chi connectivity index (χ0v) is 11.1. The molecule has 0 aliphatic rings. The summed E-state index contributed by atoms with van der Waals surface area (Å²) in [5.74, 6) is 0. The second-order valence-electron chi connectivity index (χ2n) is 3.89. The van der Waals surface area contributed by atoms with E-state index in [1.165, 1.54) is 4.57 Å². The molecule has 0 aliphatic carbocycles. The van der Waals surface area contributed by atoms with Crippen molar-refractivity contribution in [1.82, 2.24) is 14.5 Å². The summed E-state index contributed by atoms with van der Waals surface area (Å²) in [5, 5.41) is 1.35. The quantitative estimate of drug-likeness (QED) is 0.647. The molecule has 1 aromatic carbocycles. The molecule has 0 atom stereocenters. The number of rotatable bonds is 1. The Balaban J connectivity index is 2.48. The summed E-state index contributed by atoms with van der Waals surface area (Å²) in [7, 11) is 0. The van der Waals surface area contributed by atoms with Gasteiger partial charge < -0.3 is 0 Å². The number of fused-ring (bicyclic) bond motifs is 1. The van der Waals surface area contributed by atoms with Crippen LogP contribution in [0.3, 0.4) is 0 Å². The van der Waals surface area contributed by atoms with Crippen LogP contribution in [0.2, 0.25) is 10.2 Å². The van der Waals surface area contributed by atoms with Gasteiger partial charge in [-0.3, -0.25) is 9.55 Å². The van der Waals surface area contributed by atoms with Gasteiger partial charge in [0.25, 0.3) is 0 Å². The third-order valence-electron chi connectivity index (χ3n) is 2.71. The predicted octanol–water partition coefficient (Wildman–Crippen LogP) is 3.09. The standard InChI is InChI=1S/C13H7Cl2N3O/c14-8-3-4-10-11(6-8)18(13(19)17-12(10)15)9-2-1-5-16-7-9/h1-7H. The van der Waals surface area contributed by atoms with Gasteiger partial charge in [0.05, 0.1) is 17.4 Å². The molecule has 0 fully saturated rings. The van der Waals surface area contributed by atoms with Crippen molar-refractivity contribution in [2.75, 3.05) is 0 Å². The van der Waals surface area contributed by atoms with Gasteiger partial charge in [-0.25, -0.2) is 4.79 Å². The highest BCUT2D eigenvalue weighted by atomic mass is 35.5. The topological polar surface area (TPSA) is 47.8 Å². The number of nitrogens with zero attached hydrogens (tertiary/aromatic N) is 3. The Morgan fingerprint density at radius 3 is 2.74 bits per heavy atom. The Labute approximate surface area is 118 Å². The van der Waals surface area contributed by atoms with E-state index in [4.69, 9.17) is 23.2 Å². The molecular formula is C13H7Cl2N3O. The maximum atomic E-state index is 12.1. The Morgan fingerprint density at radius 2 is 2.00 bits per heavy atom. The van der Waals surface area contributed by atoms with E-state index in [1.54, 1.807) is 42.7 Å². The van der Waals surface area contributed by atoms with Crippen molar-refractivity contribution in [3.63, 3.8) is 0 Å². The first-order valence-corrected chi connectivity index (χ1v) is 6.20. The van der Waals surface area contributed by atoms with Gasteiger partial charge >= 0.3 is 5.69 Å². The first-order chi connectivity index (χ1) is 9.16. The summed E-state index contributed by atoms with van der Waals surface area (Å²) < 4.78 is 1.43. The van der Waals surface area contributed by atoms with Crippen LogP contribution < -0.4 is 5.69 Å². The molecule has 0 saturated heterocycles. The monoisotopic (exact) mass is 291 g/mol. The van der Waals surface area contributed by atoms with Crippen LogP contribution >= 0.6 is 23.2 Å². The lowest BCUT2D eigenvalue weighted by Gasteiger charge is -2.10. The molecule has 0 aliphatic heterocycles. The minimum Gasteiger partial charge on any atom is -0.263 e. The maximum absolute atomic E-state index is 12.1. The lowest BCUT2D eigenvalue weighted by molar-refractivity contribution is 0.952. The highest BCUT2D eigenvalue weighted by molar-refractivity contribution is 6.35. The third-order valence-corrected chi connectivity index (χ3v) is 3.24. The van der Waals surface area contributed by atoms with Gasteiger partial charge in [-0.15, -0.1) is 0 Å². The number of benzene rings is 1. The number of hydrogen-bond donors (Lipinski definition) is 0. The van der Waals surface area contributed by atoms with Gasteiger partial charge in [0.15, 0.2) is 0 Å². The van der Waals surface area contributed by atoms with E-state index in [2.05, 4.69) is 9.97 Å². The summed E-state index contributed by atoms with van der Waals surface area (Å²) in [6, 6.07) is 8.63. The number of pyridine rings is 1. The van der Waals surface area contributed by atoms with E-state index in [1.807, 2.05) is 0 Å². The van der Waals surface area contributed by atoms with E-state index in [-0.39, 0.29) is 5.15 Å². The Morgan fingerprint density at radius 1 is 1.16 bits per heavy atom. The van der Waals surface area contributed by atoms with E-state index in [0.717, 1.165) is 0 Å². The van der Waals surface area contributed by atoms with Crippen LogP contribution in [0.4, 0.5) is 0 Å². The van der Waals surface area contributed by atoms with Gasteiger partial charge in [-0.1, -0.05) is 23.2 Å². The normalized spacial score (nSPS) is 10.8. The van der Waals surface area contributed by atoms with Gasteiger partial charge in [0, 0.05) is 16.6 Å². The van der Waals surface area contributed by atoms with E-state index in [9.17, 15) is 4.79 Å². The predicted molar refractivity (Wildman–Crippen MR) is 75.2 cm³/mol. The highest BCUT2D eigenvalue weighted by Gasteiger charge is 2.11. The van der Waals surface area contributed by atoms with Gasteiger partial charge in [-0.2, -0.15) is 4.98 Å². The van der Waals surface area contributed by atoms with Crippen LogP contribution in [0.5, 0.6) is 0 Å². The highest BCUT2D eigenvalue weighted by Crippen LogP contribution is 2.24. The molecule has 94 valence electrons. The van der Waals surface area contributed by atoms with Crippen LogP contribution in [-0.2, 0) is 0 Å². The van der Waals surface area contributed by atoms with Crippen molar-refractivity contribution in [3.8, 4) is 5.69 Å². The first kappa shape index (κ1) is 12.1. The lowest BCUT2D eigenvalue weighted by atomic mass is 10.2. The minimum absolute atomic E-state index is 0.164. The molecule has 0 radical (unpaired) electrons. The second kappa shape index (κ2) is 4.64. The van der Waals surface area contributed by atoms with Crippen molar-refractivity contribution < 1.29 is 0 Å². The SMILES string of the molecule is O=c1nc(Cl)c2ccc(Cl)cc2n1-c1cccnc1. The van der Waals surface area contributed by atoms with Crippen LogP contribution in [0.15, 0.2) is 47.5 Å². The second-order valence-corrected chi connectivity index (χ2v) is 4.69. The molecule has 2 aromatic heterocycles. The van der Waals surface area contributed by atoms with Crippen molar-refractivity contribution in [2.45, 2.75) is 0 Å². The Kier molecular flexibility index (Phi) is 2.97. The molecule has 6 heteroatoms. The molecule has 4 nitrogen and oxygen atoms in total.